The summed E-state index contributed by atoms with van der Waals surface area (Å²) in [6.07, 6.45) is 5.98. The van der Waals surface area contributed by atoms with Gasteiger partial charge in [-0.15, -0.1) is 11.6 Å². The highest BCUT2D eigenvalue weighted by Gasteiger charge is 1.97. The molecule has 0 aromatic heterocycles. The van der Waals surface area contributed by atoms with Crippen molar-refractivity contribution >= 4 is 11.6 Å². The van der Waals surface area contributed by atoms with Crippen molar-refractivity contribution in [2.75, 3.05) is 19.1 Å². The van der Waals surface area contributed by atoms with Gasteiger partial charge in [0.2, 0.25) is 0 Å². The number of hydrogen-bond acceptors (Lipinski definition) is 2. The van der Waals surface area contributed by atoms with Crippen LogP contribution in [0.5, 0.6) is 0 Å². The number of alkyl halides is 1. The number of rotatable bonds is 8. The second kappa shape index (κ2) is 10.0. The Balaban J connectivity index is 3.10. The number of unbranched alkanes of at least 4 members (excludes halogenated alkanes) is 1. The topological polar surface area (TPSA) is 18.5 Å². The second-order valence-corrected chi connectivity index (χ2v) is 2.97. The van der Waals surface area contributed by atoms with Crippen LogP contribution in [0.4, 0.5) is 0 Å². The highest BCUT2D eigenvalue weighted by atomic mass is 35.5. The molecule has 0 bridgehead atoms. The normalized spacial score (nSPS) is 13.8. The van der Waals surface area contributed by atoms with E-state index in [1.54, 1.807) is 0 Å². The van der Waals surface area contributed by atoms with Gasteiger partial charge >= 0.3 is 0 Å². The first kappa shape index (κ1) is 12.9. The Labute approximate surface area is 85.9 Å². The van der Waals surface area contributed by atoms with Crippen LogP contribution in [0.1, 0.15) is 26.7 Å². The van der Waals surface area contributed by atoms with E-state index in [4.69, 9.17) is 21.1 Å². The number of ether oxygens (including phenoxy) is 2. The average molecular weight is 207 g/mol. The quantitative estimate of drug-likeness (QED) is 0.263. The van der Waals surface area contributed by atoms with Crippen LogP contribution in [-0.2, 0) is 9.47 Å². The third kappa shape index (κ3) is 9.87. The lowest BCUT2D eigenvalue weighted by atomic mass is 10.3. The molecule has 0 aromatic carbocycles. The summed E-state index contributed by atoms with van der Waals surface area (Å²) in [5.41, 5.74) is 0. The molecular formula is C10H19ClO2. The Hall–Kier alpha value is -0.0500. The van der Waals surface area contributed by atoms with E-state index in [1.165, 1.54) is 0 Å². The minimum Gasteiger partial charge on any atom is -0.353 e. The number of hydrogen-bond donors (Lipinski definition) is 0. The van der Waals surface area contributed by atoms with Gasteiger partial charge in [0.25, 0.3) is 0 Å². The van der Waals surface area contributed by atoms with Crippen LogP contribution in [-0.4, -0.2) is 25.4 Å². The third-order valence-electron chi connectivity index (χ3n) is 1.52. The molecule has 0 spiro atoms. The van der Waals surface area contributed by atoms with Crippen LogP contribution in [0.2, 0.25) is 0 Å². The molecule has 2 nitrogen and oxygen atoms in total. The summed E-state index contributed by atoms with van der Waals surface area (Å²) in [5, 5.41) is 0. The minimum absolute atomic E-state index is 0.0815. The highest BCUT2D eigenvalue weighted by molar-refractivity contribution is 6.18. The van der Waals surface area contributed by atoms with E-state index >= 15 is 0 Å². The van der Waals surface area contributed by atoms with Gasteiger partial charge in [-0.05, 0) is 26.7 Å². The first-order chi connectivity index (χ1) is 6.31. The van der Waals surface area contributed by atoms with Crippen molar-refractivity contribution in [2.24, 2.45) is 0 Å². The minimum atomic E-state index is -0.0815. The van der Waals surface area contributed by atoms with Gasteiger partial charge in [-0.25, -0.2) is 0 Å². The Bertz CT molecular complexity index is 126. The predicted octanol–water partition coefficient (Wildman–Crippen LogP) is 2.96. The maximum Gasteiger partial charge on any atom is 0.154 e. The molecule has 0 rings (SSSR count). The highest BCUT2D eigenvalue weighted by Crippen LogP contribution is 1.97. The van der Waals surface area contributed by atoms with Crippen molar-refractivity contribution < 1.29 is 9.47 Å². The molecule has 0 saturated heterocycles. The van der Waals surface area contributed by atoms with Gasteiger partial charge in [0, 0.05) is 12.5 Å². The Morgan fingerprint density at radius 3 is 2.69 bits per heavy atom. The van der Waals surface area contributed by atoms with Crippen molar-refractivity contribution in [3.8, 4) is 0 Å². The molecule has 0 aromatic rings. The molecule has 0 aliphatic heterocycles. The van der Waals surface area contributed by atoms with E-state index in [0.29, 0.717) is 12.5 Å². The SMILES string of the molecule is CCOC(C)OCCCC=CCCl. The Kier molecular flexibility index (Phi) is 10.00. The molecule has 0 radical (unpaired) electrons. The molecule has 3 heteroatoms. The zero-order chi connectivity index (χ0) is 9.94. The van der Waals surface area contributed by atoms with Gasteiger partial charge in [0.15, 0.2) is 6.29 Å². The van der Waals surface area contributed by atoms with E-state index in [1.807, 2.05) is 19.9 Å². The van der Waals surface area contributed by atoms with E-state index in [-0.39, 0.29) is 6.29 Å². The largest absolute Gasteiger partial charge is 0.353 e. The summed E-state index contributed by atoms with van der Waals surface area (Å²) in [4.78, 5) is 0. The fraction of sp³-hybridized carbons (Fsp3) is 0.800. The van der Waals surface area contributed by atoms with Crippen molar-refractivity contribution in [1.29, 1.82) is 0 Å². The van der Waals surface area contributed by atoms with Crippen molar-refractivity contribution in [3.05, 3.63) is 12.2 Å². The molecule has 0 aliphatic carbocycles. The molecule has 13 heavy (non-hydrogen) atoms. The molecule has 0 N–H and O–H groups in total. The summed E-state index contributed by atoms with van der Waals surface area (Å²) < 4.78 is 10.6. The molecule has 0 heterocycles. The lowest BCUT2D eigenvalue weighted by Crippen LogP contribution is -2.13. The molecule has 0 saturated carbocycles. The van der Waals surface area contributed by atoms with Crippen LogP contribution in [0, 0.1) is 0 Å². The van der Waals surface area contributed by atoms with E-state index in [2.05, 4.69) is 6.08 Å². The zero-order valence-electron chi connectivity index (χ0n) is 8.46. The van der Waals surface area contributed by atoms with Crippen molar-refractivity contribution in [3.63, 3.8) is 0 Å². The Morgan fingerprint density at radius 2 is 2.08 bits per heavy atom. The van der Waals surface area contributed by atoms with Gasteiger partial charge in [-0.1, -0.05) is 12.2 Å². The monoisotopic (exact) mass is 206 g/mol. The van der Waals surface area contributed by atoms with E-state index < -0.39 is 0 Å². The van der Waals surface area contributed by atoms with Crippen LogP contribution in [0.15, 0.2) is 12.2 Å². The van der Waals surface area contributed by atoms with Gasteiger partial charge in [0.1, 0.15) is 0 Å². The molecule has 78 valence electrons. The standard InChI is InChI=1S/C10H19ClO2/c1-3-12-10(2)13-9-7-5-4-6-8-11/h4,6,10H,3,5,7-9H2,1-2H3. The van der Waals surface area contributed by atoms with Crippen molar-refractivity contribution in [2.45, 2.75) is 33.0 Å². The molecule has 1 atom stereocenters. The van der Waals surface area contributed by atoms with Crippen LogP contribution in [0.25, 0.3) is 0 Å². The first-order valence-electron chi connectivity index (χ1n) is 4.75. The number of allylic oxidation sites excluding steroid dienone is 2. The van der Waals surface area contributed by atoms with Gasteiger partial charge < -0.3 is 9.47 Å². The average Bonchev–Trinajstić information content (AvgIpc) is 2.11. The predicted molar refractivity (Wildman–Crippen MR) is 56.1 cm³/mol. The first-order valence-corrected chi connectivity index (χ1v) is 5.28. The maximum atomic E-state index is 5.47. The van der Waals surface area contributed by atoms with Gasteiger partial charge in [-0.3, -0.25) is 0 Å². The fourth-order valence-corrected chi connectivity index (χ4v) is 1.04. The summed E-state index contributed by atoms with van der Waals surface area (Å²) >= 11 is 5.47. The lowest BCUT2D eigenvalue weighted by Gasteiger charge is -2.11. The number of halogens is 1. The van der Waals surface area contributed by atoms with Gasteiger partial charge in [-0.2, -0.15) is 0 Å². The second-order valence-electron chi connectivity index (χ2n) is 2.66. The zero-order valence-corrected chi connectivity index (χ0v) is 9.22. The third-order valence-corrected chi connectivity index (χ3v) is 1.70. The summed E-state index contributed by atoms with van der Waals surface area (Å²) in [7, 11) is 0. The Morgan fingerprint density at radius 1 is 1.31 bits per heavy atom. The molecular weight excluding hydrogens is 188 g/mol. The van der Waals surface area contributed by atoms with Crippen LogP contribution in [0.3, 0.4) is 0 Å². The van der Waals surface area contributed by atoms with Crippen LogP contribution >= 0.6 is 11.6 Å². The lowest BCUT2D eigenvalue weighted by molar-refractivity contribution is -0.127. The molecule has 0 amide bonds. The fourth-order valence-electron chi connectivity index (χ4n) is 0.914. The van der Waals surface area contributed by atoms with Gasteiger partial charge in [0.05, 0.1) is 6.61 Å². The summed E-state index contributed by atoms with van der Waals surface area (Å²) in [6, 6.07) is 0. The summed E-state index contributed by atoms with van der Waals surface area (Å²) in [6.45, 7) is 5.32. The molecule has 0 aliphatic rings. The summed E-state index contributed by atoms with van der Waals surface area (Å²) in [5.74, 6) is 0.593. The van der Waals surface area contributed by atoms with E-state index in [9.17, 15) is 0 Å². The maximum absolute atomic E-state index is 5.47. The molecule has 1 unspecified atom stereocenters. The molecule has 0 fully saturated rings. The van der Waals surface area contributed by atoms with E-state index in [0.717, 1.165) is 19.4 Å². The smallest absolute Gasteiger partial charge is 0.154 e. The van der Waals surface area contributed by atoms with Crippen LogP contribution < -0.4 is 0 Å². The van der Waals surface area contributed by atoms with Crippen molar-refractivity contribution in [1.82, 2.24) is 0 Å².